The molecule has 1 saturated heterocycles. The zero-order valence-corrected chi connectivity index (χ0v) is 21.9. The third-order valence-corrected chi connectivity index (χ3v) is 6.98. The van der Waals surface area contributed by atoms with Gasteiger partial charge in [-0.15, -0.1) is 0 Å². The number of nitrogens with zero attached hydrogens (tertiary/aromatic N) is 4. The molecule has 1 aliphatic rings. The lowest BCUT2D eigenvalue weighted by atomic mass is 10.0. The first-order chi connectivity index (χ1) is 18.1. The zero-order chi connectivity index (χ0) is 27.3. The normalized spacial score (nSPS) is 14.3. The molecule has 0 spiro atoms. The van der Waals surface area contributed by atoms with Crippen LogP contribution in [0.1, 0.15) is 16.7 Å². The molecule has 0 atom stereocenters. The van der Waals surface area contributed by atoms with Gasteiger partial charge in [0.2, 0.25) is 5.95 Å². The molecule has 11 nitrogen and oxygen atoms in total. The van der Waals surface area contributed by atoms with Gasteiger partial charge in [0.25, 0.3) is 5.56 Å². The number of nitrogen functional groups attached to an aromatic ring is 1. The van der Waals surface area contributed by atoms with Gasteiger partial charge in [0.05, 0.1) is 24.5 Å². The molecule has 2 aromatic heterocycles. The number of aryl methyl sites for hydroxylation is 1. The quantitative estimate of drug-likeness (QED) is 0.366. The van der Waals surface area contributed by atoms with Crippen LogP contribution >= 0.6 is 0 Å². The van der Waals surface area contributed by atoms with E-state index in [1.807, 2.05) is 24.3 Å². The zero-order valence-electron chi connectivity index (χ0n) is 21.1. The van der Waals surface area contributed by atoms with Gasteiger partial charge < -0.3 is 31.0 Å². The van der Waals surface area contributed by atoms with Crippen molar-refractivity contribution >= 4 is 44.6 Å². The Morgan fingerprint density at radius 1 is 1.16 bits per heavy atom. The van der Waals surface area contributed by atoms with Crippen LogP contribution in [0, 0.1) is 0 Å². The van der Waals surface area contributed by atoms with E-state index in [9.17, 15) is 13.2 Å². The molecule has 0 amide bonds. The molecule has 3 aromatic rings. The standard InChI is InChI=1S/C26H31N7O4S/c1-18(31-21-3-5-22(6-4-21)32-9-12-37-13-10-32)24-19(15-23(27)20-16-29-26(28)30-17-20)7-8-33(25(24)34)11-14-38(2,35)36/h3-8,15-17,31H,1,9-14,27H2,2H3,(H2,28,29,30)/b23-15-. The summed E-state index contributed by atoms with van der Waals surface area (Å²) in [7, 11) is -3.27. The summed E-state index contributed by atoms with van der Waals surface area (Å²) < 4.78 is 30.2. The van der Waals surface area contributed by atoms with Gasteiger partial charge in [0.15, 0.2) is 0 Å². The van der Waals surface area contributed by atoms with Crippen LogP contribution in [0.4, 0.5) is 17.3 Å². The van der Waals surface area contributed by atoms with Crippen molar-refractivity contribution in [2.24, 2.45) is 5.73 Å². The van der Waals surface area contributed by atoms with E-state index < -0.39 is 15.4 Å². The predicted molar refractivity (Wildman–Crippen MR) is 151 cm³/mol. The summed E-state index contributed by atoms with van der Waals surface area (Å²) in [4.78, 5) is 23.7. The highest BCUT2D eigenvalue weighted by Crippen LogP contribution is 2.24. The van der Waals surface area contributed by atoms with Gasteiger partial charge in [-0.3, -0.25) is 4.79 Å². The molecule has 0 saturated carbocycles. The fraction of sp³-hybridized carbons (Fsp3) is 0.269. The lowest BCUT2D eigenvalue weighted by Crippen LogP contribution is -2.36. The van der Waals surface area contributed by atoms with Gasteiger partial charge in [0.1, 0.15) is 9.84 Å². The van der Waals surface area contributed by atoms with E-state index in [4.69, 9.17) is 16.2 Å². The molecule has 1 fully saturated rings. The van der Waals surface area contributed by atoms with Gasteiger partial charge >= 0.3 is 0 Å². The Morgan fingerprint density at radius 3 is 2.45 bits per heavy atom. The summed E-state index contributed by atoms with van der Waals surface area (Å²) in [5.41, 5.74) is 15.2. The van der Waals surface area contributed by atoms with Crippen molar-refractivity contribution in [2.45, 2.75) is 6.54 Å². The lowest BCUT2D eigenvalue weighted by molar-refractivity contribution is 0.122. The summed E-state index contributed by atoms with van der Waals surface area (Å²) in [6.07, 6.45) is 7.28. The molecular weight excluding hydrogens is 506 g/mol. The molecule has 12 heteroatoms. The first-order valence-electron chi connectivity index (χ1n) is 12.0. The highest BCUT2D eigenvalue weighted by molar-refractivity contribution is 7.90. The average Bonchev–Trinajstić information content (AvgIpc) is 2.89. The van der Waals surface area contributed by atoms with Crippen molar-refractivity contribution in [3.63, 3.8) is 0 Å². The summed E-state index contributed by atoms with van der Waals surface area (Å²) in [5, 5.41) is 3.21. The van der Waals surface area contributed by atoms with Crippen LogP contribution in [-0.2, 0) is 21.1 Å². The Hall–Kier alpha value is -4.16. The van der Waals surface area contributed by atoms with Gasteiger partial charge in [-0.1, -0.05) is 6.58 Å². The second kappa shape index (κ2) is 11.5. The maximum absolute atomic E-state index is 13.5. The van der Waals surface area contributed by atoms with Crippen molar-refractivity contribution in [1.29, 1.82) is 0 Å². The summed E-state index contributed by atoms with van der Waals surface area (Å²) in [5.74, 6) is -0.0528. The van der Waals surface area contributed by atoms with Crippen molar-refractivity contribution in [1.82, 2.24) is 14.5 Å². The maximum Gasteiger partial charge on any atom is 0.260 e. The predicted octanol–water partition coefficient (Wildman–Crippen LogP) is 1.64. The maximum atomic E-state index is 13.5. The molecular formula is C26H31N7O4S. The second-order valence-electron chi connectivity index (χ2n) is 8.95. The molecule has 1 aliphatic heterocycles. The molecule has 0 radical (unpaired) electrons. The van der Waals surface area contributed by atoms with Gasteiger partial charge in [-0.25, -0.2) is 18.4 Å². The van der Waals surface area contributed by atoms with Crippen LogP contribution in [0.25, 0.3) is 17.5 Å². The van der Waals surface area contributed by atoms with Gasteiger partial charge in [-0.05, 0) is 42.0 Å². The number of nitrogens with one attached hydrogen (secondary N) is 1. The number of nitrogens with two attached hydrogens (primary N) is 2. The molecule has 3 heterocycles. The number of morpholine rings is 1. The molecule has 0 unspecified atom stereocenters. The highest BCUT2D eigenvalue weighted by atomic mass is 32.2. The van der Waals surface area contributed by atoms with Crippen LogP contribution in [0.15, 0.2) is 60.3 Å². The first-order valence-corrected chi connectivity index (χ1v) is 14.0. The molecule has 0 bridgehead atoms. The third kappa shape index (κ3) is 6.78. The molecule has 0 aliphatic carbocycles. The smallest absolute Gasteiger partial charge is 0.260 e. The van der Waals surface area contributed by atoms with Crippen LogP contribution < -0.4 is 27.2 Å². The summed E-state index contributed by atoms with van der Waals surface area (Å²) >= 11 is 0. The van der Waals surface area contributed by atoms with E-state index in [2.05, 4.69) is 26.8 Å². The van der Waals surface area contributed by atoms with E-state index in [1.165, 1.54) is 17.0 Å². The largest absolute Gasteiger partial charge is 0.398 e. The average molecular weight is 538 g/mol. The number of benzene rings is 1. The van der Waals surface area contributed by atoms with Gasteiger partial charge in [-0.2, -0.15) is 0 Å². The minimum atomic E-state index is -3.27. The summed E-state index contributed by atoms with van der Waals surface area (Å²) in [6.45, 7) is 7.16. The topological polar surface area (TPSA) is 158 Å². The minimum absolute atomic E-state index is 0.0114. The van der Waals surface area contributed by atoms with Crippen LogP contribution in [-0.4, -0.2) is 61.3 Å². The third-order valence-electron chi connectivity index (χ3n) is 6.06. The number of pyridine rings is 1. The van der Waals surface area contributed by atoms with Crippen LogP contribution in [0.2, 0.25) is 0 Å². The van der Waals surface area contributed by atoms with Crippen molar-refractivity contribution in [3.8, 4) is 0 Å². The number of rotatable bonds is 9. The van der Waals surface area contributed by atoms with E-state index in [-0.39, 0.29) is 23.8 Å². The summed E-state index contributed by atoms with van der Waals surface area (Å²) in [6, 6.07) is 9.51. The number of anilines is 3. The van der Waals surface area contributed by atoms with Crippen LogP contribution in [0.3, 0.4) is 0 Å². The van der Waals surface area contributed by atoms with E-state index in [0.717, 1.165) is 30.7 Å². The molecule has 1 aromatic carbocycles. The van der Waals surface area contributed by atoms with E-state index >= 15 is 0 Å². The minimum Gasteiger partial charge on any atom is -0.398 e. The lowest BCUT2D eigenvalue weighted by Gasteiger charge is -2.29. The molecule has 4 rings (SSSR count). The number of hydrogen-bond donors (Lipinski definition) is 3. The number of aromatic nitrogens is 3. The van der Waals surface area contributed by atoms with Crippen molar-refractivity contribution < 1.29 is 13.2 Å². The SMILES string of the molecule is C=C(Nc1ccc(N2CCOCC2)cc1)c1c(/C=C(\N)c2cnc(N)nc2)ccn(CCS(C)(=O)=O)c1=O. The first kappa shape index (κ1) is 26.9. The van der Waals surface area contributed by atoms with Crippen molar-refractivity contribution in [2.75, 3.05) is 54.3 Å². The number of hydrogen-bond acceptors (Lipinski definition) is 10. The molecule has 38 heavy (non-hydrogen) atoms. The molecule has 200 valence electrons. The Labute approximate surface area is 221 Å². The number of sulfone groups is 1. The van der Waals surface area contributed by atoms with Crippen molar-refractivity contribution in [3.05, 3.63) is 82.5 Å². The Morgan fingerprint density at radius 2 is 1.82 bits per heavy atom. The molecule has 5 N–H and O–H groups in total. The number of ether oxygens (including phenoxy) is 1. The fourth-order valence-electron chi connectivity index (χ4n) is 4.00. The Bertz CT molecular complexity index is 1490. The Kier molecular flexibility index (Phi) is 8.13. The van der Waals surface area contributed by atoms with E-state index in [1.54, 1.807) is 18.3 Å². The van der Waals surface area contributed by atoms with Gasteiger partial charge in [0, 0.05) is 72.8 Å². The Balaban J connectivity index is 1.65. The van der Waals surface area contributed by atoms with E-state index in [0.29, 0.717) is 35.7 Å². The second-order valence-corrected chi connectivity index (χ2v) is 11.2. The highest BCUT2D eigenvalue weighted by Gasteiger charge is 2.16. The monoisotopic (exact) mass is 537 g/mol. The van der Waals surface area contributed by atoms with Crippen LogP contribution in [0.5, 0.6) is 0 Å². The fourth-order valence-corrected chi connectivity index (χ4v) is 4.53.